The second kappa shape index (κ2) is 6.82. The van der Waals surface area contributed by atoms with Crippen molar-refractivity contribution in [3.8, 4) is 0 Å². The molecule has 0 aliphatic carbocycles. The monoisotopic (exact) mass is 239 g/mol. The SMILES string of the molecule is CC(Cc1ccco1)NCC(C)(C)CCCO. The van der Waals surface area contributed by atoms with Crippen LogP contribution in [0.2, 0.25) is 0 Å². The van der Waals surface area contributed by atoms with Gasteiger partial charge in [0.25, 0.3) is 0 Å². The standard InChI is InChI=1S/C14H25NO2/c1-12(10-13-6-4-9-17-13)15-11-14(2,3)7-5-8-16/h4,6,9,12,15-16H,5,7-8,10-11H2,1-3H3. The van der Waals surface area contributed by atoms with Gasteiger partial charge in [-0.25, -0.2) is 0 Å². The molecule has 1 rings (SSSR count). The van der Waals surface area contributed by atoms with E-state index < -0.39 is 0 Å². The van der Waals surface area contributed by atoms with Crippen molar-refractivity contribution in [1.29, 1.82) is 0 Å². The summed E-state index contributed by atoms with van der Waals surface area (Å²) in [6.45, 7) is 7.88. The highest BCUT2D eigenvalue weighted by molar-refractivity contribution is 5.00. The normalized spacial score (nSPS) is 13.9. The van der Waals surface area contributed by atoms with E-state index in [1.54, 1.807) is 6.26 Å². The summed E-state index contributed by atoms with van der Waals surface area (Å²) in [5.41, 5.74) is 0.236. The largest absolute Gasteiger partial charge is 0.469 e. The maximum absolute atomic E-state index is 8.85. The van der Waals surface area contributed by atoms with Crippen LogP contribution in [0.3, 0.4) is 0 Å². The molecule has 1 heterocycles. The molecule has 1 aromatic heterocycles. The Hall–Kier alpha value is -0.800. The highest BCUT2D eigenvalue weighted by Gasteiger charge is 2.18. The minimum absolute atomic E-state index is 0.236. The maximum Gasteiger partial charge on any atom is 0.105 e. The van der Waals surface area contributed by atoms with E-state index in [0.717, 1.165) is 31.6 Å². The summed E-state index contributed by atoms with van der Waals surface area (Å²) in [6, 6.07) is 4.34. The molecule has 98 valence electrons. The number of rotatable bonds is 8. The van der Waals surface area contributed by atoms with Crippen LogP contribution >= 0.6 is 0 Å². The number of furan rings is 1. The molecule has 0 bridgehead atoms. The van der Waals surface area contributed by atoms with Crippen molar-refractivity contribution < 1.29 is 9.52 Å². The zero-order valence-corrected chi connectivity index (χ0v) is 11.2. The molecular weight excluding hydrogens is 214 g/mol. The predicted octanol–water partition coefficient (Wildman–Crippen LogP) is 2.60. The van der Waals surface area contributed by atoms with Gasteiger partial charge in [0.15, 0.2) is 0 Å². The fourth-order valence-electron chi connectivity index (χ4n) is 1.90. The first-order chi connectivity index (χ1) is 8.03. The zero-order valence-electron chi connectivity index (χ0n) is 11.2. The molecule has 17 heavy (non-hydrogen) atoms. The van der Waals surface area contributed by atoms with Gasteiger partial charge < -0.3 is 14.8 Å². The van der Waals surface area contributed by atoms with Crippen LogP contribution in [0.25, 0.3) is 0 Å². The summed E-state index contributed by atoms with van der Waals surface area (Å²) in [5.74, 6) is 1.03. The Morgan fingerprint density at radius 3 is 2.82 bits per heavy atom. The Balaban J connectivity index is 2.24. The molecule has 2 N–H and O–H groups in total. The Morgan fingerprint density at radius 2 is 2.24 bits per heavy atom. The van der Waals surface area contributed by atoms with Gasteiger partial charge in [0.1, 0.15) is 5.76 Å². The van der Waals surface area contributed by atoms with Gasteiger partial charge in [-0.05, 0) is 37.3 Å². The lowest BCUT2D eigenvalue weighted by atomic mass is 9.87. The Labute approximate surface area is 104 Å². The summed E-state index contributed by atoms with van der Waals surface area (Å²) in [7, 11) is 0. The van der Waals surface area contributed by atoms with E-state index in [1.165, 1.54) is 0 Å². The second-order valence-corrected chi connectivity index (χ2v) is 5.56. The van der Waals surface area contributed by atoms with Crippen molar-refractivity contribution >= 4 is 0 Å². The Morgan fingerprint density at radius 1 is 1.47 bits per heavy atom. The first-order valence-corrected chi connectivity index (χ1v) is 6.40. The van der Waals surface area contributed by atoms with E-state index >= 15 is 0 Å². The van der Waals surface area contributed by atoms with Crippen LogP contribution in [-0.2, 0) is 6.42 Å². The first-order valence-electron chi connectivity index (χ1n) is 6.40. The fourth-order valence-corrected chi connectivity index (χ4v) is 1.90. The molecule has 0 aliphatic rings. The lowest BCUT2D eigenvalue weighted by Crippen LogP contribution is -2.36. The molecule has 0 fully saturated rings. The predicted molar refractivity (Wildman–Crippen MR) is 70.0 cm³/mol. The molecule has 0 saturated heterocycles. The van der Waals surface area contributed by atoms with E-state index in [9.17, 15) is 0 Å². The molecule has 1 atom stereocenters. The summed E-state index contributed by atoms with van der Waals surface area (Å²) in [4.78, 5) is 0. The van der Waals surface area contributed by atoms with E-state index in [4.69, 9.17) is 9.52 Å². The van der Waals surface area contributed by atoms with Crippen LogP contribution in [0.1, 0.15) is 39.4 Å². The molecule has 0 spiro atoms. The van der Waals surface area contributed by atoms with Gasteiger partial charge in [0.2, 0.25) is 0 Å². The van der Waals surface area contributed by atoms with Gasteiger partial charge in [-0.3, -0.25) is 0 Å². The van der Waals surface area contributed by atoms with E-state index in [1.807, 2.05) is 12.1 Å². The minimum Gasteiger partial charge on any atom is -0.469 e. The summed E-state index contributed by atoms with van der Waals surface area (Å²) < 4.78 is 5.33. The topological polar surface area (TPSA) is 45.4 Å². The third-order valence-electron chi connectivity index (χ3n) is 3.03. The lowest BCUT2D eigenvalue weighted by molar-refractivity contribution is 0.232. The van der Waals surface area contributed by atoms with E-state index in [-0.39, 0.29) is 12.0 Å². The van der Waals surface area contributed by atoms with Crippen LogP contribution in [0.5, 0.6) is 0 Å². The van der Waals surface area contributed by atoms with Crippen molar-refractivity contribution in [3.05, 3.63) is 24.2 Å². The Kier molecular flexibility index (Phi) is 5.72. The zero-order chi connectivity index (χ0) is 12.7. The molecule has 0 aromatic carbocycles. The van der Waals surface area contributed by atoms with E-state index in [0.29, 0.717) is 6.04 Å². The van der Waals surface area contributed by atoms with Crippen molar-refractivity contribution in [2.24, 2.45) is 5.41 Å². The van der Waals surface area contributed by atoms with Gasteiger partial charge in [-0.15, -0.1) is 0 Å². The van der Waals surface area contributed by atoms with E-state index in [2.05, 4.69) is 26.1 Å². The van der Waals surface area contributed by atoms with Crippen LogP contribution < -0.4 is 5.32 Å². The molecule has 0 aliphatic heterocycles. The molecular formula is C14H25NO2. The molecule has 0 radical (unpaired) electrons. The van der Waals surface area contributed by atoms with Crippen LogP contribution in [0.15, 0.2) is 22.8 Å². The average Bonchev–Trinajstić information content (AvgIpc) is 2.77. The van der Waals surface area contributed by atoms with Gasteiger partial charge in [0, 0.05) is 25.6 Å². The number of aliphatic hydroxyl groups excluding tert-OH is 1. The second-order valence-electron chi connectivity index (χ2n) is 5.56. The molecule has 3 heteroatoms. The average molecular weight is 239 g/mol. The van der Waals surface area contributed by atoms with Crippen molar-refractivity contribution in [2.45, 2.75) is 46.1 Å². The molecule has 3 nitrogen and oxygen atoms in total. The Bertz CT molecular complexity index is 293. The van der Waals surface area contributed by atoms with Crippen LogP contribution in [0.4, 0.5) is 0 Å². The number of hydrogen-bond acceptors (Lipinski definition) is 3. The van der Waals surface area contributed by atoms with Gasteiger partial charge in [-0.1, -0.05) is 13.8 Å². The molecule has 1 unspecified atom stereocenters. The third-order valence-corrected chi connectivity index (χ3v) is 3.03. The first kappa shape index (κ1) is 14.3. The van der Waals surface area contributed by atoms with Crippen molar-refractivity contribution in [3.63, 3.8) is 0 Å². The number of hydrogen-bond donors (Lipinski definition) is 2. The number of aliphatic hydroxyl groups is 1. The molecule has 1 aromatic rings. The van der Waals surface area contributed by atoms with Gasteiger partial charge >= 0.3 is 0 Å². The molecule has 0 saturated carbocycles. The minimum atomic E-state index is 0.236. The molecule has 0 amide bonds. The summed E-state index contributed by atoms with van der Waals surface area (Å²) in [5, 5.41) is 12.4. The highest BCUT2D eigenvalue weighted by Crippen LogP contribution is 2.21. The summed E-state index contributed by atoms with van der Waals surface area (Å²) in [6.07, 6.45) is 4.56. The van der Waals surface area contributed by atoms with Gasteiger partial charge in [-0.2, -0.15) is 0 Å². The lowest BCUT2D eigenvalue weighted by Gasteiger charge is -2.26. The fraction of sp³-hybridized carbons (Fsp3) is 0.714. The van der Waals surface area contributed by atoms with Crippen molar-refractivity contribution in [2.75, 3.05) is 13.2 Å². The number of nitrogens with one attached hydrogen (secondary N) is 1. The summed E-state index contributed by atoms with van der Waals surface area (Å²) >= 11 is 0. The van der Waals surface area contributed by atoms with Crippen LogP contribution in [-0.4, -0.2) is 24.3 Å². The maximum atomic E-state index is 8.85. The quantitative estimate of drug-likeness (QED) is 0.733. The highest BCUT2D eigenvalue weighted by atomic mass is 16.3. The third kappa shape index (κ3) is 5.89. The smallest absolute Gasteiger partial charge is 0.105 e. The van der Waals surface area contributed by atoms with Gasteiger partial charge in [0.05, 0.1) is 6.26 Å². The van der Waals surface area contributed by atoms with Crippen LogP contribution in [0, 0.1) is 5.41 Å². The van der Waals surface area contributed by atoms with Crippen molar-refractivity contribution in [1.82, 2.24) is 5.32 Å².